The second-order valence-electron chi connectivity index (χ2n) is 5.58. The van der Waals surface area contributed by atoms with Crippen LogP contribution in [0.15, 0.2) is 30.5 Å². The van der Waals surface area contributed by atoms with Crippen molar-refractivity contribution in [2.75, 3.05) is 23.9 Å². The first kappa shape index (κ1) is 14.9. The van der Waals surface area contributed by atoms with Crippen molar-refractivity contribution in [3.63, 3.8) is 0 Å². The Morgan fingerprint density at radius 1 is 1.36 bits per heavy atom. The summed E-state index contributed by atoms with van der Waals surface area (Å²) in [6, 6.07) is 7.08. The van der Waals surface area contributed by atoms with Gasteiger partial charge in [-0.25, -0.2) is 0 Å². The molecule has 3 aromatic rings. The average molecular weight is 338 g/mol. The average Bonchev–Trinajstić information content (AvgIpc) is 3.08. The highest BCUT2D eigenvalue weighted by Crippen LogP contribution is 2.35. The molecule has 2 amide bonds. The minimum Gasteiger partial charge on any atom is -0.482 e. The van der Waals surface area contributed by atoms with Crippen molar-refractivity contribution >= 4 is 39.9 Å². The van der Waals surface area contributed by atoms with E-state index >= 15 is 0 Å². The third kappa shape index (κ3) is 2.42. The molecular formula is C16H14N6O3. The van der Waals surface area contributed by atoms with Crippen LogP contribution in [0.5, 0.6) is 5.75 Å². The van der Waals surface area contributed by atoms with E-state index in [0.717, 1.165) is 0 Å². The molecule has 4 rings (SSSR count). The van der Waals surface area contributed by atoms with Crippen LogP contribution in [0.1, 0.15) is 10.5 Å². The molecule has 0 atom stereocenters. The first-order valence-electron chi connectivity index (χ1n) is 7.48. The number of ether oxygens (including phenoxy) is 1. The molecule has 0 bridgehead atoms. The Morgan fingerprint density at radius 3 is 3.00 bits per heavy atom. The van der Waals surface area contributed by atoms with E-state index in [1.54, 1.807) is 37.5 Å². The Balaban J connectivity index is 1.80. The van der Waals surface area contributed by atoms with E-state index in [2.05, 4.69) is 20.5 Å². The van der Waals surface area contributed by atoms with Gasteiger partial charge >= 0.3 is 0 Å². The molecule has 25 heavy (non-hydrogen) atoms. The van der Waals surface area contributed by atoms with Crippen LogP contribution in [0.25, 0.3) is 11.0 Å². The fourth-order valence-corrected chi connectivity index (χ4v) is 2.72. The lowest BCUT2D eigenvalue weighted by molar-refractivity contribution is -0.120. The van der Waals surface area contributed by atoms with Crippen molar-refractivity contribution in [3.8, 4) is 5.75 Å². The molecule has 9 heteroatoms. The van der Waals surface area contributed by atoms with Crippen molar-refractivity contribution in [3.05, 3.63) is 36.2 Å². The zero-order valence-electron chi connectivity index (χ0n) is 13.2. The number of nitrogens with one attached hydrogen (secondary N) is 2. The Bertz CT molecular complexity index is 1010. The summed E-state index contributed by atoms with van der Waals surface area (Å²) in [5, 5.41) is 11.7. The number of carbonyl (C=O) groups is 2. The smallest absolute Gasteiger partial charge is 0.271 e. The second-order valence-corrected chi connectivity index (χ2v) is 5.58. The molecule has 2 aromatic heterocycles. The third-order valence-electron chi connectivity index (χ3n) is 4.03. The summed E-state index contributed by atoms with van der Waals surface area (Å²) in [5.41, 5.74) is 7.71. The van der Waals surface area contributed by atoms with E-state index in [1.807, 2.05) is 0 Å². The fourth-order valence-electron chi connectivity index (χ4n) is 2.72. The second kappa shape index (κ2) is 5.48. The Kier molecular flexibility index (Phi) is 3.27. The highest BCUT2D eigenvalue weighted by molar-refractivity contribution is 6.05. The van der Waals surface area contributed by atoms with Crippen LogP contribution in [-0.4, -0.2) is 40.7 Å². The van der Waals surface area contributed by atoms with E-state index < -0.39 is 5.91 Å². The summed E-state index contributed by atoms with van der Waals surface area (Å²) in [6.45, 7) is 0.0142. The number of likely N-dealkylation sites (N-methyl/N-ethyl adjacent to an activating group) is 1. The van der Waals surface area contributed by atoms with E-state index in [-0.39, 0.29) is 18.2 Å². The van der Waals surface area contributed by atoms with Crippen LogP contribution in [0.3, 0.4) is 0 Å². The Labute approximate surface area is 141 Å². The zero-order chi connectivity index (χ0) is 17.6. The SMILES string of the molecule is CN1C(=O)COc2ccc(Nc3c(C(N)=O)nnc4[nH]ccc34)cc21. The molecule has 3 heterocycles. The number of carbonyl (C=O) groups excluding carboxylic acids is 2. The lowest BCUT2D eigenvalue weighted by Crippen LogP contribution is -2.35. The summed E-state index contributed by atoms with van der Waals surface area (Å²) in [4.78, 5) is 28.0. The predicted octanol–water partition coefficient (Wildman–Crippen LogP) is 1.16. The predicted molar refractivity (Wildman–Crippen MR) is 91.0 cm³/mol. The quantitative estimate of drug-likeness (QED) is 0.658. The minimum absolute atomic E-state index is 0.0142. The van der Waals surface area contributed by atoms with Crippen molar-refractivity contribution < 1.29 is 14.3 Å². The highest BCUT2D eigenvalue weighted by Gasteiger charge is 2.23. The molecule has 126 valence electrons. The summed E-state index contributed by atoms with van der Waals surface area (Å²) < 4.78 is 5.41. The minimum atomic E-state index is -0.688. The van der Waals surface area contributed by atoms with E-state index in [9.17, 15) is 9.59 Å². The van der Waals surface area contributed by atoms with Gasteiger partial charge in [0.1, 0.15) is 5.75 Å². The Hall–Kier alpha value is -3.62. The molecule has 0 aliphatic carbocycles. The summed E-state index contributed by atoms with van der Waals surface area (Å²) in [6.07, 6.45) is 1.70. The molecule has 0 fully saturated rings. The first-order chi connectivity index (χ1) is 12.0. The first-order valence-corrected chi connectivity index (χ1v) is 7.48. The Morgan fingerprint density at radius 2 is 2.20 bits per heavy atom. The number of aromatic amines is 1. The third-order valence-corrected chi connectivity index (χ3v) is 4.03. The van der Waals surface area contributed by atoms with Gasteiger partial charge in [0, 0.05) is 24.3 Å². The van der Waals surface area contributed by atoms with Gasteiger partial charge in [-0.05, 0) is 24.3 Å². The fraction of sp³-hybridized carbons (Fsp3) is 0.125. The molecule has 0 unspecified atom stereocenters. The molecule has 0 spiro atoms. The van der Waals surface area contributed by atoms with Crippen LogP contribution in [0.4, 0.5) is 17.1 Å². The van der Waals surface area contributed by atoms with E-state index in [4.69, 9.17) is 10.5 Å². The van der Waals surface area contributed by atoms with Gasteiger partial charge in [-0.1, -0.05) is 0 Å². The van der Waals surface area contributed by atoms with E-state index in [0.29, 0.717) is 33.8 Å². The molecule has 9 nitrogen and oxygen atoms in total. The van der Waals surface area contributed by atoms with Crippen molar-refractivity contribution in [1.82, 2.24) is 15.2 Å². The monoisotopic (exact) mass is 338 g/mol. The van der Waals surface area contributed by atoms with Crippen LogP contribution in [-0.2, 0) is 4.79 Å². The molecular weight excluding hydrogens is 324 g/mol. The van der Waals surface area contributed by atoms with Gasteiger partial charge in [0.05, 0.1) is 11.4 Å². The topological polar surface area (TPSA) is 126 Å². The molecule has 0 radical (unpaired) electrons. The van der Waals surface area contributed by atoms with Crippen LogP contribution in [0.2, 0.25) is 0 Å². The molecule has 0 saturated carbocycles. The summed E-state index contributed by atoms with van der Waals surface area (Å²) in [5.74, 6) is -0.213. The molecule has 0 saturated heterocycles. The van der Waals surface area contributed by atoms with Crippen molar-refractivity contribution in [2.45, 2.75) is 0 Å². The van der Waals surface area contributed by atoms with E-state index in [1.165, 1.54) is 4.90 Å². The number of amides is 2. The summed E-state index contributed by atoms with van der Waals surface area (Å²) in [7, 11) is 1.68. The molecule has 4 N–H and O–H groups in total. The van der Waals surface area contributed by atoms with Gasteiger partial charge in [-0.15, -0.1) is 10.2 Å². The number of fused-ring (bicyclic) bond motifs is 2. The van der Waals surface area contributed by atoms with Gasteiger partial charge in [0.15, 0.2) is 17.9 Å². The van der Waals surface area contributed by atoms with Crippen LogP contribution >= 0.6 is 0 Å². The van der Waals surface area contributed by atoms with Gasteiger partial charge in [0.25, 0.3) is 11.8 Å². The normalized spacial score (nSPS) is 13.5. The number of aromatic nitrogens is 3. The molecule has 1 aliphatic rings. The van der Waals surface area contributed by atoms with Gasteiger partial charge < -0.3 is 25.7 Å². The molecule has 1 aromatic carbocycles. The highest BCUT2D eigenvalue weighted by atomic mass is 16.5. The van der Waals surface area contributed by atoms with Crippen molar-refractivity contribution in [1.29, 1.82) is 0 Å². The number of anilines is 3. The van der Waals surface area contributed by atoms with Crippen LogP contribution in [0, 0.1) is 0 Å². The van der Waals surface area contributed by atoms with Crippen molar-refractivity contribution in [2.24, 2.45) is 5.73 Å². The standard InChI is InChI=1S/C16H14N6O3/c1-22-10-6-8(2-3-11(10)25-7-12(22)23)19-13-9-4-5-18-16(9)21-20-14(13)15(17)24/h2-6H,7H2,1H3,(H2,17,24)(H2,18,19,21). The lowest BCUT2D eigenvalue weighted by atomic mass is 10.2. The number of nitrogens with two attached hydrogens (primary N) is 1. The number of H-pyrrole nitrogens is 1. The number of benzene rings is 1. The molecule has 1 aliphatic heterocycles. The maximum atomic E-state index is 11.8. The number of nitrogens with zero attached hydrogens (tertiary/aromatic N) is 3. The zero-order valence-corrected chi connectivity index (χ0v) is 13.2. The maximum Gasteiger partial charge on any atom is 0.271 e. The van der Waals surface area contributed by atoms with Gasteiger partial charge in [-0.2, -0.15) is 0 Å². The number of hydrogen-bond acceptors (Lipinski definition) is 6. The lowest BCUT2D eigenvalue weighted by Gasteiger charge is -2.26. The van der Waals surface area contributed by atoms with Gasteiger partial charge in [-0.3, -0.25) is 9.59 Å². The summed E-state index contributed by atoms with van der Waals surface area (Å²) >= 11 is 0. The number of primary amides is 1. The maximum absolute atomic E-state index is 11.8. The number of rotatable bonds is 3. The largest absolute Gasteiger partial charge is 0.482 e. The number of hydrogen-bond donors (Lipinski definition) is 3. The van der Waals surface area contributed by atoms with Gasteiger partial charge in [0.2, 0.25) is 0 Å². The van der Waals surface area contributed by atoms with Crippen LogP contribution < -0.4 is 20.7 Å².